The van der Waals surface area contributed by atoms with Crippen LogP contribution in [0.5, 0.6) is 5.75 Å². The second kappa shape index (κ2) is 8.12. The van der Waals surface area contributed by atoms with Crippen LogP contribution in [0.15, 0.2) is 36.7 Å². The number of methoxy groups -OCH3 is 1. The summed E-state index contributed by atoms with van der Waals surface area (Å²) in [5.74, 6) is 1.29. The van der Waals surface area contributed by atoms with Gasteiger partial charge < -0.3 is 15.4 Å². The zero-order valence-electron chi connectivity index (χ0n) is 13.7. The van der Waals surface area contributed by atoms with Gasteiger partial charge in [-0.25, -0.2) is 9.97 Å². The summed E-state index contributed by atoms with van der Waals surface area (Å²) in [5.41, 5.74) is 1.53. The number of hydrogen-bond acceptors (Lipinski definition) is 5. The van der Waals surface area contributed by atoms with E-state index in [1.807, 2.05) is 38.1 Å². The molecule has 2 rings (SSSR count). The molecule has 6 heteroatoms. The number of amides is 1. The molecule has 1 amide bonds. The molecule has 0 aliphatic heterocycles. The maximum atomic E-state index is 11.8. The standard InChI is InChI=1S/C17H22N4O2/c1-12(2)21-17(22)15-10-20-16(11-19-15)18-9-8-13-4-6-14(23-3)7-5-13/h4-7,10-12H,8-9H2,1-3H3,(H,18,20)(H,21,22). The van der Waals surface area contributed by atoms with Crippen LogP contribution in [-0.2, 0) is 6.42 Å². The molecular weight excluding hydrogens is 292 g/mol. The third-order valence-corrected chi connectivity index (χ3v) is 3.18. The lowest BCUT2D eigenvalue weighted by Gasteiger charge is -2.09. The largest absolute Gasteiger partial charge is 0.497 e. The van der Waals surface area contributed by atoms with E-state index in [2.05, 4.69) is 20.6 Å². The molecule has 122 valence electrons. The van der Waals surface area contributed by atoms with Crippen LogP contribution >= 0.6 is 0 Å². The van der Waals surface area contributed by atoms with Crippen LogP contribution in [0.4, 0.5) is 5.82 Å². The van der Waals surface area contributed by atoms with Crippen LogP contribution in [0.3, 0.4) is 0 Å². The molecule has 0 bridgehead atoms. The van der Waals surface area contributed by atoms with E-state index in [1.54, 1.807) is 13.3 Å². The average Bonchev–Trinajstić information content (AvgIpc) is 2.55. The Hall–Kier alpha value is -2.63. The van der Waals surface area contributed by atoms with Gasteiger partial charge >= 0.3 is 0 Å². The Morgan fingerprint density at radius 3 is 2.48 bits per heavy atom. The lowest BCUT2D eigenvalue weighted by Crippen LogP contribution is -2.30. The van der Waals surface area contributed by atoms with E-state index in [1.165, 1.54) is 11.8 Å². The monoisotopic (exact) mass is 314 g/mol. The topological polar surface area (TPSA) is 76.1 Å². The fourth-order valence-corrected chi connectivity index (χ4v) is 2.00. The second-order valence-corrected chi connectivity index (χ2v) is 5.44. The number of anilines is 1. The van der Waals surface area contributed by atoms with Gasteiger partial charge in [0, 0.05) is 12.6 Å². The number of benzene rings is 1. The molecule has 0 unspecified atom stereocenters. The molecule has 2 N–H and O–H groups in total. The highest BCUT2D eigenvalue weighted by Crippen LogP contribution is 2.11. The third-order valence-electron chi connectivity index (χ3n) is 3.18. The molecule has 1 heterocycles. The minimum atomic E-state index is -0.211. The molecule has 0 aliphatic carbocycles. The number of nitrogens with zero attached hydrogens (tertiary/aromatic N) is 2. The highest BCUT2D eigenvalue weighted by atomic mass is 16.5. The number of rotatable bonds is 7. The summed E-state index contributed by atoms with van der Waals surface area (Å²) in [6.45, 7) is 4.54. The van der Waals surface area contributed by atoms with Gasteiger partial charge in [0.1, 0.15) is 17.3 Å². The minimum Gasteiger partial charge on any atom is -0.497 e. The molecule has 6 nitrogen and oxygen atoms in total. The first-order valence-corrected chi connectivity index (χ1v) is 7.58. The van der Waals surface area contributed by atoms with Crippen molar-refractivity contribution in [3.05, 3.63) is 47.9 Å². The summed E-state index contributed by atoms with van der Waals surface area (Å²) in [5, 5.41) is 5.97. The zero-order chi connectivity index (χ0) is 16.7. The summed E-state index contributed by atoms with van der Waals surface area (Å²) in [4.78, 5) is 20.1. The summed E-state index contributed by atoms with van der Waals surface area (Å²) in [6.07, 6.45) is 3.91. The molecule has 0 aliphatic rings. The van der Waals surface area contributed by atoms with Gasteiger partial charge in [-0.1, -0.05) is 12.1 Å². The van der Waals surface area contributed by atoms with Crippen LogP contribution in [0.1, 0.15) is 29.9 Å². The molecular formula is C17H22N4O2. The number of ether oxygens (including phenoxy) is 1. The van der Waals surface area contributed by atoms with Crippen molar-refractivity contribution in [1.82, 2.24) is 15.3 Å². The van der Waals surface area contributed by atoms with E-state index in [-0.39, 0.29) is 11.9 Å². The lowest BCUT2D eigenvalue weighted by molar-refractivity contribution is 0.0937. The van der Waals surface area contributed by atoms with Gasteiger partial charge in [-0.05, 0) is 38.0 Å². The first-order valence-electron chi connectivity index (χ1n) is 7.58. The van der Waals surface area contributed by atoms with E-state index in [9.17, 15) is 4.79 Å². The lowest BCUT2D eigenvalue weighted by atomic mass is 10.1. The summed E-state index contributed by atoms with van der Waals surface area (Å²) >= 11 is 0. The molecule has 0 saturated carbocycles. The van der Waals surface area contributed by atoms with Gasteiger partial charge in [-0.15, -0.1) is 0 Å². The molecule has 23 heavy (non-hydrogen) atoms. The normalized spacial score (nSPS) is 10.4. The molecule has 0 fully saturated rings. The van der Waals surface area contributed by atoms with Crippen molar-refractivity contribution in [3.63, 3.8) is 0 Å². The average molecular weight is 314 g/mol. The smallest absolute Gasteiger partial charge is 0.271 e. The predicted octanol–water partition coefficient (Wildman–Crippen LogP) is 2.28. The molecule has 2 aromatic rings. The van der Waals surface area contributed by atoms with Crippen LogP contribution < -0.4 is 15.4 Å². The maximum absolute atomic E-state index is 11.8. The molecule has 1 aromatic carbocycles. The Morgan fingerprint density at radius 1 is 1.17 bits per heavy atom. The quantitative estimate of drug-likeness (QED) is 0.820. The van der Waals surface area contributed by atoms with Crippen LogP contribution in [-0.4, -0.2) is 35.6 Å². The van der Waals surface area contributed by atoms with Crippen LogP contribution in [0, 0.1) is 0 Å². The minimum absolute atomic E-state index is 0.0756. The van der Waals surface area contributed by atoms with Crippen molar-refractivity contribution in [1.29, 1.82) is 0 Å². The Kier molecular flexibility index (Phi) is 5.91. The van der Waals surface area contributed by atoms with Gasteiger partial charge in [0.25, 0.3) is 5.91 Å². The van der Waals surface area contributed by atoms with Gasteiger partial charge in [-0.3, -0.25) is 4.79 Å². The summed E-state index contributed by atoms with van der Waals surface area (Å²) in [6, 6.07) is 8.03. The van der Waals surface area contributed by atoms with Gasteiger partial charge in [0.05, 0.1) is 19.5 Å². The predicted molar refractivity (Wildman–Crippen MR) is 89.8 cm³/mol. The van der Waals surface area contributed by atoms with E-state index >= 15 is 0 Å². The molecule has 0 spiro atoms. The summed E-state index contributed by atoms with van der Waals surface area (Å²) < 4.78 is 5.13. The third kappa shape index (κ3) is 5.25. The Labute approximate surface area is 136 Å². The Bertz CT molecular complexity index is 624. The first kappa shape index (κ1) is 16.7. The van der Waals surface area contributed by atoms with E-state index in [0.717, 1.165) is 18.7 Å². The molecule has 0 saturated heterocycles. The van der Waals surface area contributed by atoms with Gasteiger partial charge in [-0.2, -0.15) is 0 Å². The van der Waals surface area contributed by atoms with Gasteiger partial charge in [0.15, 0.2) is 0 Å². The number of aromatic nitrogens is 2. The van der Waals surface area contributed by atoms with Crippen molar-refractivity contribution in [2.24, 2.45) is 0 Å². The molecule has 1 aromatic heterocycles. The van der Waals surface area contributed by atoms with Crippen molar-refractivity contribution in [3.8, 4) is 5.75 Å². The Morgan fingerprint density at radius 2 is 1.91 bits per heavy atom. The van der Waals surface area contributed by atoms with E-state index in [4.69, 9.17) is 4.74 Å². The van der Waals surface area contributed by atoms with E-state index < -0.39 is 0 Å². The summed E-state index contributed by atoms with van der Waals surface area (Å²) in [7, 11) is 1.65. The number of carbonyl (C=O) groups is 1. The van der Waals surface area contributed by atoms with Gasteiger partial charge in [0.2, 0.25) is 0 Å². The number of carbonyl (C=O) groups excluding carboxylic acids is 1. The maximum Gasteiger partial charge on any atom is 0.271 e. The molecule has 0 atom stereocenters. The first-order chi connectivity index (χ1) is 11.1. The fraction of sp³-hybridized carbons (Fsp3) is 0.353. The zero-order valence-corrected chi connectivity index (χ0v) is 13.7. The number of nitrogens with one attached hydrogen (secondary N) is 2. The van der Waals surface area contributed by atoms with Crippen molar-refractivity contribution >= 4 is 11.7 Å². The van der Waals surface area contributed by atoms with Crippen molar-refractivity contribution in [2.75, 3.05) is 19.0 Å². The van der Waals surface area contributed by atoms with E-state index in [0.29, 0.717) is 11.5 Å². The van der Waals surface area contributed by atoms with Crippen molar-refractivity contribution in [2.45, 2.75) is 26.3 Å². The SMILES string of the molecule is COc1ccc(CCNc2cnc(C(=O)NC(C)C)cn2)cc1. The van der Waals surface area contributed by atoms with Crippen molar-refractivity contribution < 1.29 is 9.53 Å². The fourth-order valence-electron chi connectivity index (χ4n) is 2.00. The second-order valence-electron chi connectivity index (χ2n) is 5.44. The van der Waals surface area contributed by atoms with Crippen LogP contribution in [0.2, 0.25) is 0 Å². The highest BCUT2D eigenvalue weighted by molar-refractivity contribution is 5.92. The number of hydrogen-bond donors (Lipinski definition) is 2. The molecule has 0 radical (unpaired) electrons. The highest BCUT2D eigenvalue weighted by Gasteiger charge is 2.08. The Balaban J connectivity index is 1.82. The van der Waals surface area contributed by atoms with Crippen LogP contribution in [0.25, 0.3) is 0 Å².